The highest BCUT2D eigenvalue weighted by Crippen LogP contribution is 2.43. The van der Waals surface area contributed by atoms with Gasteiger partial charge in [0.05, 0.1) is 17.8 Å². The Bertz CT molecular complexity index is 1180. The van der Waals surface area contributed by atoms with Gasteiger partial charge < -0.3 is 19.1 Å². The maximum atomic E-state index is 12.5. The van der Waals surface area contributed by atoms with Gasteiger partial charge in [-0.2, -0.15) is 0 Å². The lowest BCUT2D eigenvalue weighted by Gasteiger charge is -2.31. The summed E-state index contributed by atoms with van der Waals surface area (Å²) in [4.78, 5) is 28.4. The minimum atomic E-state index is -1.27. The van der Waals surface area contributed by atoms with Crippen LogP contribution in [0.3, 0.4) is 0 Å². The summed E-state index contributed by atoms with van der Waals surface area (Å²) in [6.07, 6.45) is 3.85. The number of aryl methyl sites for hydroxylation is 1. The van der Waals surface area contributed by atoms with Crippen LogP contribution in [0.15, 0.2) is 40.1 Å². The second-order valence-electron chi connectivity index (χ2n) is 7.60. The van der Waals surface area contributed by atoms with Crippen LogP contribution in [-0.4, -0.2) is 27.2 Å². The summed E-state index contributed by atoms with van der Waals surface area (Å²) >= 11 is 1.42. The Balaban J connectivity index is 1.67. The molecular formula is C22H20N2O5S. The number of ether oxygens (including phenoxy) is 2. The van der Waals surface area contributed by atoms with E-state index in [1.54, 1.807) is 10.1 Å². The van der Waals surface area contributed by atoms with Crippen molar-refractivity contribution in [2.24, 2.45) is 5.92 Å². The number of benzene rings is 1. The second kappa shape index (κ2) is 7.28. The molecule has 3 heterocycles. The van der Waals surface area contributed by atoms with Gasteiger partial charge >= 0.3 is 5.97 Å². The summed E-state index contributed by atoms with van der Waals surface area (Å²) in [6.45, 7) is 2.74. The Morgan fingerprint density at radius 3 is 2.87 bits per heavy atom. The van der Waals surface area contributed by atoms with Gasteiger partial charge in [0.2, 0.25) is 6.23 Å². The number of hydrogen-bond donors (Lipinski definition) is 1. The van der Waals surface area contributed by atoms with Crippen molar-refractivity contribution in [2.75, 3.05) is 6.61 Å². The third-order valence-electron chi connectivity index (χ3n) is 5.50. The van der Waals surface area contributed by atoms with E-state index in [1.807, 2.05) is 24.4 Å². The molecule has 1 atom stereocenters. The molecule has 0 radical (unpaired) electrons. The van der Waals surface area contributed by atoms with E-state index in [9.17, 15) is 14.7 Å². The Labute approximate surface area is 176 Å². The quantitative estimate of drug-likeness (QED) is 0.644. The number of aromatic nitrogens is 2. The summed E-state index contributed by atoms with van der Waals surface area (Å²) in [5.74, 6) is 0.746. The molecule has 1 fully saturated rings. The Morgan fingerprint density at radius 2 is 2.20 bits per heavy atom. The molecule has 0 spiro atoms. The van der Waals surface area contributed by atoms with Crippen molar-refractivity contribution >= 4 is 17.3 Å². The summed E-state index contributed by atoms with van der Waals surface area (Å²) in [5.41, 5.74) is 3.87. The van der Waals surface area contributed by atoms with Crippen LogP contribution in [0.2, 0.25) is 0 Å². The van der Waals surface area contributed by atoms with E-state index < -0.39 is 17.6 Å². The highest BCUT2D eigenvalue weighted by molar-refractivity contribution is 7.07. The molecule has 5 rings (SSSR count). The molecule has 30 heavy (non-hydrogen) atoms. The van der Waals surface area contributed by atoms with Crippen LogP contribution in [0, 0.1) is 5.92 Å². The van der Waals surface area contributed by atoms with E-state index in [2.05, 4.69) is 4.98 Å². The number of thiazole rings is 1. The average Bonchev–Trinajstić information content (AvgIpc) is 3.41. The number of pyridine rings is 1. The average molecular weight is 424 g/mol. The Hall–Kier alpha value is -3.13. The van der Waals surface area contributed by atoms with Crippen LogP contribution in [0.5, 0.6) is 11.5 Å². The minimum absolute atomic E-state index is 0.300. The molecule has 7 nitrogen and oxygen atoms in total. The number of rotatable bonds is 6. The van der Waals surface area contributed by atoms with Gasteiger partial charge in [-0.1, -0.05) is 6.92 Å². The standard InChI is InChI=1S/C22H20N2O5S/c1-2-13-5-14-17-6-18(25)15(22(26)27)8-24(17)21(16-10-30-11-23-16)29-20(14)7-19(13)28-9-12-3-4-12/h5-8,10-12,21H,2-4,9H2,1H3,(H,26,27)/t21-/m0/s1. The van der Waals surface area contributed by atoms with Gasteiger partial charge in [0.25, 0.3) is 0 Å². The number of carboxylic acid groups (broad SMARTS) is 1. The maximum absolute atomic E-state index is 12.5. The first-order chi connectivity index (χ1) is 14.5. The van der Waals surface area contributed by atoms with Crippen LogP contribution in [-0.2, 0) is 6.42 Å². The molecule has 3 aromatic rings. The Kier molecular flexibility index (Phi) is 4.58. The predicted molar refractivity (Wildman–Crippen MR) is 112 cm³/mol. The largest absolute Gasteiger partial charge is 0.493 e. The second-order valence-corrected chi connectivity index (χ2v) is 8.32. The molecule has 8 heteroatoms. The van der Waals surface area contributed by atoms with Gasteiger partial charge in [0, 0.05) is 29.3 Å². The first kappa shape index (κ1) is 18.9. The van der Waals surface area contributed by atoms with Crippen molar-refractivity contribution < 1.29 is 19.4 Å². The normalized spacial score (nSPS) is 17.0. The number of carboxylic acids is 1. The molecule has 0 saturated heterocycles. The highest BCUT2D eigenvalue weighted by atomic mass is 32.1. The molecule has 0 amide bonds. The lowest BCUT2D eigenvalue weighted by atomic mass is 10.0. The third-order valence-corrected chi connectivity index (χ3v) is 6.10. The molecule has 1 saturated carbocycles. The fourth-order valence-corrected chi connectivity index (χ4v) is 4.21. The van der Waals surface area contributed by atoms with E-state index in [1.165, 1.54) is 36.4 Å². The van der Waals surface area contributed by atoms with Gasteiger partial charge in [0.1, 0.15) is 22.8 Å². The molecule has 1 N–H and O–H groups in total. The number of fused-ring (bicyclic) bond motifs is 3. The first-order valence-corrected chi connectivity index (χ1v) is 10.8. The first-order valence-electron chi connectivity index (χ1n) is 9.89. The van der Waals surface area contributed by atoms with E-state index in [4.69, 9.17) is 9.47 Å². The SMILES string of the molecule is CCc1cc2c(cc1OCC1CC1)O[C@@H](c1cscn1)n1cc(C(=O)O)c(=O)cc1-2. The Morgan fingerprint density at radius 1 is 1.37 bits per heavy atom. The van der Waals surface area contributed by atoms with Gasteiger partial charge in [-0.15, -0.1) is 11.3 Å². The molecular weight excluding hydrogens is 404 g/mol. The fourth-order valence-electron chi connectivity index (χ4n) is 3.65. The molecule has 1 aromatic carbocycles. The van der Waals surface area contributed by atoms with Crippen molar-refractivity contribution in [3.05, 3.63) is 62.3 Å². The van der Waals surface area contributed by atoms with Crippen LogP contribution < -0.4 is 14.9 Å². The number of nitrogens with zero attached hydrogens (tertiary/aromatic N) is 2. The lowest BCUT2D eigenvalue weighted by molar-refractivity contribution is 0.0693. The van der Waals surface area contributed by atoms with E-state index in [0.29, 0.717) is 29.7 Å². The maximum Gasteiger partial charge on any atom is 0.341 e. The van der Waals surface area contributed by atoms with Crippen LogP contribution in [0.25, 0.3) is 11.3 Å². The molecule has 0 bridgehead atoms. The molecule has 154 valence electrons. The van der Waals surface area contributed by atoms with E-state index in [-0.39, 0.29) is 5.56 Å². The molecule has 0 unspecified atom stereocenters. The highest BCUT2D eigenvalue weighted by Gasteiger charge is 2.31. The zero-order valence-electron chi connectivity index (χ0n) is 16.3. The number of aromatic carboxylic acids is 1. The van der Waals surface area contributed by atoms with Gasteiger partial charge in [-0.3, -0.25) is 4.79 Å². The van der Waals surface area contributed by atoms with Crippen molar-refractivity contribution in [1.82, 2.24) is 9.55 Å². The number of hydrogen-bond acceptors (Lipinski definition) is 6. The molecule has 2 aromatic heterocycles. The van der Waals surface area contributed by atoms with Crippen molar-refractivity contribution in [3.8, 4) is 22.8 Å². The van der Waals surface area contributed by atoms with E-state index >= 15 is 0 Å². The topological polar surface area (TPSA) is 90.7 Å². The van der Waals surface area contributed by atoms with E-state index in [0.717, 1.165) is 23.3 Å². The third kappa shape index (κ3) is 3.27. The minimum Gasteiger partial charge on any atom is -0.493 e. The van der Waals surface area contributed by atoms with Crippen molar-refractivity contribution in [1.29, 1.82) is 0 Å². The van der Waals surface area contributed by atoms with Crippen LogP contribution >= 0.6 is 11.3 Å². The summed E-state index contributed by atoms with van der Waals surface area (Å²) in [6, 6.07) is 5.23. The van der Waals surface area contributed by atoms with Gasteiger partial charge in [-0.05, 0) is 36.8 Å². The number of carbonyl (C=O) groups is 1. The molecule has 2 aliphatic rings. The summed E-state index contributed by atoms with van der Waals surface area (Å²) in [7, 11) is 0. The smallest absolute Gasteiger partial charge is 0.341 e. The van der Waals surface area contributed by atoms with Crippen LogP contribution in [0.1, 0.15) is 47.6 Å². The fraction of sp³-hybridized carbons (Fsp3) is 0.318. The summed E-state index contributed by atoms with van der Waals surface area (Å²) in [5, 5.41) is 11.3. The zero-order valence-corrected chi connectivity index (χ0v) is 17.1. The predicted octanol–water partition coefficient (Wildman–Crippen LogP) is 3.96. The molecule has 1 aliphatic heterocycles. The van der Waals surface area contributed by atoms with Gasteiger partial charge in [0.15, 0.2) is 5.43 Å². The van der Waals surface area contributed by atoms with Crippen molar-refractivity contribution in [3.63, 3.8) is 0 Å². The van der Waals surface area contributed by atoms with Crippen molar-refractivity contribution in [2.45, 2.75) is 32.4 Å². The van der Waals surface area contributed by atoms with Crippen LogP contribution in [0.4, 0.5) is 0 Å². The van der Waals surface area contributed by atoms with Gasteiger partial charge in [-0.25, -0.2) is 9.78 Å². The summed E-state index contributed by atoms with van der Waals surface area (Å²) < 4.78 is 14.0. The lowest BCUT2D eigenvalue weighted by Crippen LogP contribution is -2.28. The molecule has 1 aliphatic carbocycles. The monoisotopic (exact) mass is 424 g/mol. The zero-order chi connectivity index (χ0) is 20.8.